The molecule has 1 fully saturated rings. The standard InChI is InChI=1S/C11H17N3/c1-9-3-4-10(7-13-9)11-8-12-5-6-14(11)2/h3-4,7,11-12H,5-6,8H2,1-2H3. The highest BCUT2D eigenvalue weighted by molar-refractivity contribution is 5.18. The van der Waals surface area contributed by atoms with Crippen LogP contribution in [0.3, 0.4) is 0 Å². The summed E-state index contributed by atoms with van der Waals surface area (Å²) in [5.41, 5.74) is 2.39. The van der Waals surface area contributed by atoms with E-state index in [2.05, 4.69) is 34.4 Å². The van der Waals surface area contributed by atoms with Crippen LogP contribution in [0.25, 0.3) is 0 Å². The molecule has 1 aliphatic rings. The zero-order valence-corrected chi connectivity index (χ0v) is 8.83. The van der Waals surface area contributed by atoms with E-state index in [1.165, 1.54) is 5.56 Å². The van der Waals surface area contributed by atoms with Crippen LogP contribution in [0.4, 0.5) is 0 Å². The van der Waals surface area contributed by atoms with Gasteiger partial charge in [-0.05, 0) is 25.6 Å². The summed E-state index contributed by atoms with van der Waals surface area (Å²) in [4.78, 5) is 6.71. The molecular weight excluding hydrogens is 174 g/mol. The number of hydrogen-bond donors (Lipinski definition) is 1. The third-order valence-corrected chi connectivity index (χ3v) is 2.83. The van der Waals surface area contributed by atoms with E-state index in [1.807, 2.05) is 13.1 Å². The monoisotopic (exact) mass is 191 g/mol. The van der Waals surface area contributed by atoms with Crippen LogP contribution in [0.15, 0.2) is 18.3 Å². The molecule has 1 aliphatic heterocycles. The van der Waals surface area contributed by atoms with Crippen LogP contribution >= 0.6 is 0 Å². The second kappa shape index (κ2) is 4.07. The minimum absolute atomic E-state index is 0.483. The van der Waals surface area contributed by atoms with Crippen LogP contribution in [0, 0.1) is 6.92 Å². The highest BCUT2D eigenvalue weighted by Gasteiger charge is 2.19. The van der Waals surface area contributed by atoms with Crippen LogP contribution in [-0.4, -0.2) is 36.6 Å². The summed E-state index contributed by atoms with van der Waals surface area (Å²) in [6.07, 6.45) is 1.99. The normalized spacial score (nSPS) is 23.7. The van der Waals surface area contributed by atoms with Gasteiger partial charge in [-0.25, -0.2) is 0 Å². The molecule has 76 valence electrons. The lowest BCUT2D eigenvalue weighted by Crippen LogP contribution is -2.43. The molecule has 1 aromatic heterocycles. The Morgan fingerprint density at radius 3 is 3.00 bits per heavy atom. The molecule has 2 rings (SSSR count). The molecule has 0 aliphatic carbocycles. The quantitative estimate of drug-likeness (QED) is 0.717. The van der Waals surface area contributed by atoms with Crippen LogP contribution in [0.5, 0.6) is 0 Å². The second-order valence-corrected chi connectivity index (χ2v) is 3.93. The van der Waals surface area contributed by atoms with Crippen molar-refractivity contribution in [1.82, 2.24) is 15.2 Å². The van der Waals surface area contributed by atoms with E-state index in [-0.39, 0.29) is 0 Å². The fourth-order valence-electron chi connectivity index (χ4n) is 1.85. The van der Waals surface area contributed by atoms with Crippen molar-refractivity contribution in [3.05, 3.63) is 29.6 Å². The van der Waals surface area contributed by atoms with Crippen LogP contribution in [-0.2, 0) is 0 Å². The predicted octanol–water partition coefficient (Wildman–Crippen LogP) is 0.966. The van der Waals surface area contributed by atoms with Gasteiger partial charge in [-0.3, -0.25) is 9.88 Å². The molecule has 14 heavy (non-hydrogen) atoms. The minimum Gasteiger partial charge on any atom is -0.314 e. The first-order valence-corrected chi connectivity index (χ1v) is 5.11. The van der Waals surface area contributed by atoms with Gasteiger partial charge in [0.05, 0.1) is 0 Å². The van der Waals surface area contributed by atoms with E-state index < -0.39 is 0 Å². The largest absolute Gasteiger partial charge is 0.314 e. The number of likely N-dealkylation sites (N-methyl/N-ethyl adjacent to an activating group) is 1. The second-order valence-electron chi connectivity index (χ2n) is 3.93. The maximum absolute atomic E-state index is 4.33. The molecule has 0 aromatic carbocycles. The number of hydrogen-bond acceptors (Lipinski definition) is 3. The summed E-state index contributed by atoms with van der Waals surface area (Å²) in [6, 6.07) is 4.74. The molecule has 1 atom stereocenters. The fourth-order valence-corrected chi connectivity index (χ4v) is 1.85. The maximum atomic E-state index is 4.33. The van der Waals surface area contributed by atoms with E-state index in [0.717, 1.165) is 25.3 Å². The molecule has 0 bridgehead atoms. The first kappa shape index (κ1) is 9.62. The Bertz CT molecular complexity index is 294. The molecule has 0 spiro atoms. The zero-order chi connectivity index (χ0) is 9.97. The van der Waals surface area contributed by atoms with Gasteiger partial charge in [0.2, 0.25) is 0 Å². The van der Waals surface area contributed by atoms with Crippen molar-refractivity contribution in [2.75, 3.05) is 26.7 Å². The summed E-state index contributed by atoms with van der Waals surface area (Å²) in [6.45, 7) is 5.25. The topological polar surface area (TPSA) is 28.2 Å². The maximum Gasteiger partial charge on any atom is 0.0485 e. The molecule has 3 nitrogen and oxygen atoms in total. The summed E-state index contributed by atoms with van der Waals surface area (Å²) in [5, 5.41) is 3.41. The summed E-state index contributed by atoms with van der Waals surface area (Å²) >= 11 is 0. The summed E-state index contributed by atoms with van der Waals surface area (Å²) in [5.74, 6) is 0. The van der Waals surface area contributed by atoms with Gasteiger partial charge >= 0.3 is 0 Å². The first-order chi connectivity index (χ1) is 6.77. The number of pyridine rings is 1. The van der Waals surface area contributed by atoms with Gasteiger partial charge in [0, 0.05) is 37.6 Å². The van der Waals surface area contributed by atoms with Crippen molar-refractivity contribution >= 4 is 0 Å². The third-order valence-electron chi connectivity index (χ3n) is 2.83. The number of rotatable bonds is 1. The molecule has 0 amide bonds. The highest BCUT2D eigenvalue weighted by atomic mass is 15.2. The predicted molar refractivity (Wildman–Crippen MR) is 57.2 cm³/mol. The van der Waals surface area contributed by atoms with E-state index in [4.69, 9.17) is 0 Å². The van der Waals surface area contributed by atoms with Crippen molar-refractivity contribution < 1.29 is 0 Å². The van der Waals surface area contributed by atoms with E-state index >= 15 is 0 Å². The Kier molecular flexibility index (Phi) is 2.79. The summed E-state index contributed by atoms with van der Waals surface area (Å²) in [7, 11) is 2.17. The average molecular weight is 191 g/mol. The lowest BCUT2D eigenvalue weighted by Gasteiger charge is -2.33. The highest BCUT2D eigenvalue weighted by Crippen LogP contribution is 2.19. The van der Waals surface area contributed by atoms with Gasteiger partial charge in [-0.2, -0.15) is 0 Å². The van der Waals surface area contributed by atoms with Crippen molar-refractivity contribution in [2.45, 2.75) is 13.0 Å². The fraction of sp³-hybridized carbons (Fsp3) is 0.545. The third kappa shape index (κ3) is 1.94. The Hall–Kier alpha value is -0.930. The van der Waals surface area contributed by atoms with Gasteiger partial charge in [-0.1, -0.05) is 6.07 Å². The average Bonchev–Trinajstić information content (AvgIpc) is 2.20. The van der Waals surface area contributed by atoms with Gasteiger partial charge in [-0.15, -0.1) is 0 Å². The van der Waals surface area contributed by atoms with Gasteiger partial charge in [0.25, 0.3) is 0 Å². The van der Waals surface area contributed by atoms with Crippen molar-refractivity contribution in [2.24, 2.45) is 0 Å². The number of piperazine rings is 1. The number of aryl methyl sites for hydroxylation is 1. The van der Waals surface area contributed by atoms with E-state index in [1.54, 1.807) is 0 Å². The first-order valence-electron chi connectivity index (χ1n) is 5.11. The zero-order valence-electron chi connectivity index (χ0n) is 8.83. The molecule has 1 unspecified atom stereocenters. The molecule has 1 saturated heterocycles. The number of nitrogens with one attached hydrogen (secondary N) is 1. The van der Waals surface area contributed by atoms with E-state index in [0.29, 0.717) is 6.04 Å². The molecule has 2 heterocycles. The van der Waals surface area contributed by atoms with Crippen LogP contribution < -0.4 is 5.32 Å². The van der Waals surface area contributed by atoms with Crippen LogP contribution in [0.1, 0.15) is 17.3 Å². The molecule has 0 saturated carbocycles. The van der Waals surface area contributed by atoms with Crippen LogP contribution in [0.2, 0.25) is 0 Å². The SMILES string of the molecule is Cc1ccc(C2CNCCN2C)cn1. The van der Waals surface area contributed by atoms with Gasteiger partial charge in [0.1, 0.15) is 0 Å². The van der Waals surface area contributed by atoms with Crippen molar-refractivity contribution in [1.29, 1.82) is 0 Å². The Labute approximate surface area is 85.1 Å². The minimum atomic E-state index is 0.483. The number of nitrogens with zero attached hydrogens (tertiary/aromatic N) is 2. The smallest absolute Gasteiger partial charge is 0.0485 e. The van der Waals surface area contributed by atoms with Crippen molar-refractivity contribution in [3.8, 4) is 0 Å². The molecular formula is C11H17N3. The molecule has 1 aromatic rings. The Balaban J connectivity index is 2.16. The van der Waals surface area contributed by atoms with E-state index in [9.17, 15) is 0 Å². The molecule has 3 heteroatoms. The Morgan fingerprint density at radius 2 is 2.36 bits per heavy atom. The van der Waals surface area contributed by atoms with Gasteiger partial charge in [0.15, 0.2) is 0 Å². The van der Waals surface area contributed by atoms with Gasteiger partial charge < -0.3 is 5.32 Å². The number of aromatic nitrogens is 1. The lowest BCUT2D eigenvalue weighted by atomic mass is 10.1. The molecule has 0 radical (unpaired) electrons. The molecule has 1 N–H and O–H groups in total. The van der Waals surface area contributed by atoms with Crippen molar-refractivity contribution in [3.63, 3.8) is 0 Å². The Morgan fingerprint density at radius 1 is 1.50 bits per heavy atom. The summed E-state index contributed by atoms with van der Waals surface area (Å²) < 4.78 is 0. The lowest BCUT2D eigenvalue weighted by molar-refractivity contribution is 0.202.